The minimum absolute atomic E-state index is 0.0867. The number of aryl methyl sites for hydroxylation is 2. The van der Waals surface area contributed by atoms with Crippen LogP contribution < -0.4 is 4.90 Å². The number of anilines is 1. The van der Waals surface area contributed by atoms with Crippen LogP contribution in [0, 0.1) is 13.8 Å². The molecule has 4 heteroatoms. The van der Waals surface area contributed by atoms with Gasteiger partial charge in [0.25, 0.3) is 5.91 Å². The lowest BCUT2D eigenvalue weighted by atomic mass is 9.98. The first-order valence-corrected chi connectivity index (χ1v) is 8.79. The van der Waals surface area contributed by atoms with Gasteiger partial charge in [0.2, 0.25) is 5.91 Å². The van der Waals surface area contributed by atoms with Crippen molar-refractivity contribution in [2.24, 2.45) is 0 Å². The molecule has 1 fully saturated rings. The van der Waals surface area contributed by atoms with E-state index in [0.717, 1.165) is 36.3 Å². The van der Waals surface area contributed by atoms with Crippen LogP contribution >= 0.6 is 0 Å². The standard InChI is InChI=1S/C21H22N2O2/c1-14-7-8-18(15(2)11-14)23-20(24)12-19(21(23)25)22-10-9-16-5-3-4-6-17(16)13-22/h3-8,11,19H,9-10,12-13H2,1-2H3/t19-/m1/s1. The monoisotopic (exact) mass is 334 g/mol. The molecular weight excluding hydrogens is 312 g/mol. The largest absolute Gasteiger partial charge is 0.287 e. The maximum Gasteiger partial charge on any atom is 0.251 e. The molecule has 2 heterocycles. The van der Waals surface area contributed by atoms with Crippen molar-refractivity contribution >= 4 is 17.5 Å². The van der Waals surface area contributed by atoms with Gasteiger partial charge in [0.15, 0.2) is 0 Å². The summed E-state index contributed by atoms with van der Waals surface area (Å²) >= 11 is 0. The van der Waals surface area contributed by atoms with E-state index in [-0.39, 0.29) is 24.3 Å². The lowest BCUT2D eigenvalue weighted by Gasteiger charge is -2.32. The Bertz CT molecular complexity index is 859. The lowest BCUT2D eigenvalue weighted by Crippen LogP contribution is -2.44. The van der Waals surface area contributed by atoms with Gasteiger partial charge in [-0.2, -0.15) is 0 Å². The summed E-state index contributed by atoms with van der Waals surface area (Å²) in [4.78, 5) is 29.2. The molecule has 2 aromatic carbocycles. The second-order valence-corrected chi connectivity index (χ2v) is 7.07. The Morgan fingerprint density at radius 3 is 2.52 bits per heavy atom. The van der Waals surface area contributed by atoms with Gasteiger partial charge in [-0.1, -0.05) is 42.0 Å². The van der Waals surface area contributed by atoms with Gasteiger partial charge in [-0.05, 0) is 43.0 Å². The molecule has 4 nitrogen and oxygen atoms in total. The van der Waals surface area contributed by atoms with Crippen LogP contribution in [0.5, 0.6) is 0 Å². The van der Waals surface area contributed by atoms with Crippen molar-refractivity contribution in [2.45, 2.75) is 39.3 Å². The molecule has 1 atom stereocenters. The fourth-order valence-corrected chi connectivity index (χ4v) is 3.99. The summed E-state index contributed by atoms with van der Waals surface area (Å²) in [6.45, 7) is 5.52. The Balaban J connectivity index is 1.60. The molecule has 128 valence electrons. The van der Waals surface area contributed by atoms with E-state index in [1.807, 2.05) is 38.1 Å². The van der Waals surface area contributed by atoms with Crippen LogP contribution in [0.4, 0.5) is 5.69 Å². The van der Waals surface area contributed by atoms with Gasteiger partial charge in [-0.3, -0.25) is 14.5 Å². The van der Waals surface area contributed by atoms with Gasteiger partial charge in [0, 0.05) is 13.1 Å². The zero-order valence-corrected chi connectivity index (χ0v) is 14.7. The molecular formula is C21H22N2O2. The first kappa shape index (κ1) is 16.0. The zero-order valence-electron chi connectivity index (χ0n) is 14.7. The van der Waals surface area contributed by atoms with Crippen LogP contribution in [0.2, 0.25) is 0 Å². The highest BCUT2D eigenvalue weighted by molar-refractivity contribution is 6.22. The number of fused-ring (bicyclic) bond motifs is 1. The van der Waals surface area contributed by atoms with Gasteiger partial charge < -0.3 is 0 Å². The predicted molar refractivity (Wildman–Crippen MR) is 97.4 cm³/mol. The van der Waals surface area contributed by atoms with Gasteiger partial charge >= 0.3 is 0 Å². The molecule has 2 aliphatic rings. The molecule has 0 aliphatic carbocycles. The van der Waals surface area contributed by atoms with E-state index >= 15 is 0 Å². The van der Waals surface area contributed by atoms with E-state index < -0.39 is 0 Å². The van der Waals surface area contributed by atoms with Crippen LogP contribution in [0.3, 0.4) is 0 Å². The Kier molecular flexibility index (Phi) is 3.92. The summed E-state index contributed by atoms with van der Waals surface area (Å²) < 4.78 is 0. The Morgan fingerprint density at radius 2 is 1.76 bits per heavy atom. The normalized spacial score (nSPS) is 20.9. The molecule has 0 spiro atoms. The highest BCUT2D eigenvalue weighted by atomic mass is 16.2. The number of carbonyl (C=O) groups is 2. The number of benzene rings is 2. The van der Waals surface area contributed by atoms with Crippen LogP contribution in [0.15, 0.2) is 42.5 Å². The van der Waals surface area contributed by atoms with E-state index in [0.29, 0.717) is 0 Å². The number of hydrogen-bond donors (Lipinski definition) is 0. The molecule has 0 saturated carbocycles. The van der Waals surface area contributed by atoms with Crippen molar-refractivity contribution in [3.63, 3.8) is 0 Å². The number of amides is 2. The van der Waals surface area contributed by atoms with Crippen LogP contribution in [0.1, 0.15) is 28.7 Å². The molecule has 0 N–H and O–H groups in total. The number of nitrogens with zero attached hydrogens (tertiary/aromatic N) is 2. The molecule has 0 aromatic heterocycles. The van der Waals surface area contributed by atoms with E-state index in [1.165, 1.54) is 16.0 Å². The van der Waals surface area contributed by atoms with Crippen molar-refractivity contribution in [1.82, 2.24) is 4.90 Å². The van der Waals surface area contributed by atoms with Gasteiger partial charge in [0.05, 0.1) is 18.2 Å². The molecule has 4 rings (SSSR count). The van der Waals surface area contributed by atoms with E-state index in [1.54, 1.807) is 0 Å². The van der Waals surface area contributed by atoms with Gasteiger partial charge in [0.1, 0.15) is 0 Å². The fourth-order valence-electron chi connectivity index (χ4n) is 3.99. The van der Waals surface area contributed by atoms with Crippen molar-refractivity contribution in [3.8, 4) is 0 Å². The minimum atomic E-state index is -0.346. The molecule has 2 aliphatic heterocycles. The van der Waals surface area contributed by atoms with Gasteiger partial charge in [-0.15, -0.1) is 0 Å². The fraction of sp³-hybridized carbons (Fsp3) is 0.333. The van der Waals surface area contributed by atoms with Crippen molar-refractivity contribution in [2.75, 3.05) is 11.4 Å². The number of hydrogen-bond acceptors (Lipinski definition) is 3. The van der Waals surface area contributed by atoms with Crippen molar-refractivity contribution in [1.29, 1.82) is 0 Å². The molecule has 2 aromatic rings. The molecule has 0 radical (unpaired) electrons. The molecule has 25 heavy (non-hydrogen) atoms. The summed E-state index contributed by atoms with van der Waals surface area (Å²) in [7, 11) is 0. The maximum absolute atomic E-state index is 13.0. The summed E-state index contributed by atoms with van der Waals surface area (Å²) in [6.07, 6.45) is 1.20. The second-order valence-electron chi connectivity index (χ2n) is 7.07. The summed E-state index contributed by atoms with van der Waals surface area (Å²) in [6, 6.07) is 13.9. The zero-order chi connectivity index (χ0) is 17.6. The lowest BCUT2D eigenvalue weighted by molar-refractivity contribution is -0.123. The molecule has 2 amide bonds. The van der Waals surface area contributed by atoms with Gasteiger partial charge in [-0.25, -0.2) is 4.90 Å². The SMILES string of the molecule is Cc1ccc(N2C(=O)C[C@@H](N3CCc4ccccc4C3)C2=O)c(C)c1. The summed E-state index contributed by atoms with van der Waals surface area (Å²) in [5.74, 6) is -0.183. The molecule has 1 saturated heterocycles. The van der Waals surface area contributed by atoms with Crippen LogP contribution in [-0.4, -0.2) is 29.3 Å². The van der Waals surface area contributed by atoms with E-state index in [4.69, 9.17) is 0 Å². The number of imide groups is 1. The number of carbonyl (C=O) groups excluding carboxylic acids is 2. The third-order valence-electron chi connectivity index (χ3n) is 5.32. The average Bonchev–Trinajstić information content (AvgIpc) is 2.89. The Labute approximate surface area is 148 Å². The Morgan fingerprint density at radius 1 is 1.00 bits per heavy atom. The van der Waals surface area contributed by atoms with Crippen molar-refractivity contribution in [3.05, 3.63) is 64.7 Å². The topological polar surface area (TPSA) is 40.6 Å². The molecule has 0 unspecified atom stereocenters. The number of rotatable bonds is 2. The Hall–Kier alpha value is -2.46. The highest BCUT2D eigenvalue weighted by Crippen LogP contribution is 2.31. The third-order valence-corrected chi connectivity index (χ3v) is 5.32. The second kappa shape index (κ2) is 6.12. The predicted octanol–water partition coefficient (Wildman–Crippen LogP) is 2.99. The smallest absolute Gasteiger partial charge is 0.251 e. The van der Waals surface area contributed by atoms with Crippen LogP contribution in [0.25, 0.3) is 0 Å². The van der Waals surface area contributed by atoms with Crippen LogP contribution in [-0.2, 0) is 22.6 Å². The van der Waals surface area contributed by atoms with E-state index in [9.17, 15) is 9.59 Å². The first-order chi connectivity index (χ1) is 12.0. The summed E-state index contributed by atoms with van der Waals surface area (Å²) in [5.41, 5.74) is 5.43. The maximum atomic E-state index is 13.0. The van der Waals surface area contributed by atoms with E-state index in [2.05, 4.69) is 23.1 Å². The first-order valence-electron chi connectivity index (χ1n) is 8.79. The third kappa shape index (κ3) is 2.76. The molecule has 0 bridgehead atoms. The highest BCUT2D eigenvalue weighted by Gasteiger charge is 2.43. The van der Waals surface area contributed by atoms with Crippen molar-refractivity contribution < 1.29 is 9.59 Å². The minimum Gasteiger partial charge on any atom is -0.287 e. The average molecular weight is 334 g/mol. The quantitative estimate of drug-likeness (QED) is 0.793. The summed E-state index contributed by atoms with van der Waals surface area (Å²) in [5, 5.41) is 0.